The van der Waals surface area contributed by atoms with Gasteiger partial charge in [-0.1, -0.05) is 30.4 Å². The number of amides is 1. The van der Waals surface area contributed by atoms with Gasteiger partial charge in [0.15, 0.2) is 0 Å². The lowest BCUT2D eigenvalue weighted by Crippen LogP contribution is -2.28. The summed E-state index contributed by atoms with van der Waals surface area (Å²) < 4.78 is 0. The number of hydrogen-bond acceptors (Lipinski definition) is 2. The Hall–Kier alpha value is -1.79. The molecule has 0 unspecified atom stereocenters. The van der Waals surface area contributed by atoms with Crippen molar-refractivity contribution >= 4 is 5.91 Å². The Balaban J connectivity index is 3.07. The highest BCUT2D eigenvalue weighted by Crippen LogP contribution is 2.13. The lowest BCUT2D eigenvalue weighted by Gasteiger charge is -2.17. The molecule has 0 heterocycles. The third-order valence-electron chi connectivity index (χ3n) is 2.77. The van der Waals surface area contributed by atoms with Gasteiger partial charge in [0.25, 0.3) is 5.91 Å². The number of hydrogen-bond donors (Lipinski definition) is 1. The molecule has 102 valence electrons. The molecule has 0 saturated carbocycles. The summed E-state index contributed by atoms with van der Waals surface area (Å²) in [6, 6.07) is 5.68. The Kier molecular flexibility index (Phi) is 6.11. The van der Waals surface area contributed by atoms with E-state index in [1.807, 2.05) is 32.0 Å². The van der Waals surface area contributed by atoms with Crippen LogP contribution in [-0.2, 0) is 0 Å². The molecule has 1 rings (SSSR count). The molecule has 19 heavy (non-hydrogen) atoms. The first kappa shape index (κ1) is 15.3. The van der Waals surface area contributed by atoms with Gasteiger partial charge in [-0.05, 0) is 25.5 Å². The standard InChI is InChI=1S/C16H21NO2/c1-4-10-17(3)16(19)15-12-13(2)8-9-14(15)7-5-6-11-18/h8-9,12,18H,4,6,10-11H2,1-3H3. The van der Waals surface area contributed by atoms with Crippen LogP contribution in [0.5, 0.6) is 0 Å². The molecule has 1 aromatic rings. The van der Waals surface area contributed by atoms with Crippen LogP contribution < -0.4 is 0 Å². The minimum absolute atomic E-state index is 0.00107. The van der Waals surface area contributed by atoms with Gasteiger partial charge in [0.2, 0.25) is 0 Å². The van der Waals surface area contributed by atoms with Gasteiger partial charge in [-0.15, -0.1) is 0 Å². The molecule has 0 radical (unpaired) electrons. The quantitative estimate of drug-likeness (QED) is 0.842. The minimum atomic E-state index is -0.00107. The van der Waals surface area contributed by atoms with E-state index in [9.17, 15) is 4.79 Å². The summed E-state index contributed by atoms with van der Waals surface area (Å²) in [6.07, 6.45) is 1.35. The van der Waals surface area contributed by atoms with E-state index in [1.54, 1.807) is 11.9 Å². The second-order valence-electron chi connectivity index (χ2n) is 4.55. The number of carbonyl (C=O) groups excluding carboxylic acids is 1. The van der Waals surface area contributed by atoms with Crippen LogP contribution in [0.25, 0.3) is 0 Å². The third-order valence-corrected chi connectivity index (χ3v) is 2.77. The SMILES string of the molecule is CCCN(C)C(=O)c1cc(C)ccc1C#CCCO. The highest BCUT2D eigenvalue weighted by atomic mass is 16.2. The summed E-state index contributed by atoms with van der Waals surface area (Å²) in [5.74, 6) is 5.83. The monoisotopic (exact) mass is 259 g/mol. The van der Waals surface area contributed by atoms with E-state index in [1.165, 1.54) is 0 Å². The van der Waals surface area contributed by atoms with Crippen molar-refractivity contribution in [2.45, 2.75) is 26.7 Å². The number of aryl methyl sites for hydroxylation is 1. The first-order valence-electron chi connectivity index (χ1n) is 6.56. The van der Waals surface area contributed by atoms with E-state index in [0.717, 1.165) is 24.1 Å². The van der Waals surface area contributed by atoms with Crippen molar-refractivity contribution in [1.82, 2.24) is 4.90 Å². The largest absolute Gasteiger partial charge is 0.395 e. The van der Waals surface area contributed by atoms with Crippen LogP contribution in [-0.4, -0.2) is 36.1 Å². The van der Waals surface area contributed by atoms with Crippen LogP contribution in [0.2, 0.25) is 0 Å². The predicted octanol–water partition coefficient (Wildman–Crippen LogP) is 2.21. The van der Waals surface area contributed by atoms with E-state index >= 15 is 0 Å². The van der Waals surface area contributed by atoms with Gasteiger partial charge in [0, 0.05) is 25.6 Å². The summed E-state index contributed by atoms with van der Waals surface area (Å²) in [5, 5.41) is 8.75. The lowest BCUT2D eigenvalue weighted by atomic mass is 10.0. The molecule has 0 spiro atoms. The Morgan fingerprint density at radius 3 is 2.79 bits per heavy atom. The number of carbonyl (C=O) groups is 1. The average molecular weight is 259 g/mol. The van der Waals surface area contributed by atoms with Crippen LogP contribution in [0.4, 0.5) is 0 Å². The summed E-state index contributed by atoms with van der Waals surface area (Å²) >= 11 is 0. The summed E-state index contributed by atoms with van der Waals surface area (Å²) in [7, 11) is 1.80. The van der Waals surface area contributed by atoms with Gasteiger partial charge >= 0.3 is 0 Å². The Bertz CT molecular complexity index is 497. The van der Waals surface area contributed by atoms with E-state index in [0.29, 0.717) is 12.0 Å². The zero-order chi connectivity index (χ0) is 14.3. The number of benzene rings is 1. The van der Waals surface area contributed by atoms with Crippen LogP contribution >= 0.6 is 0 Å². The summed E-state index contributed by atoms with van der Waals surface area (Å²) in [4.78, 5) is 14.1. The Morgan fingerprint density at radius 2 is 2.16 bits per heavy atom. The highest BCUT2D eigenvalue weighted by molar-refractivity contribution is 5.96. The second-order valence-corrected chi connectivity index (χ2v) is 4.55. The lowest BCUT2D eigenvalue weighted by molar-refractivity contribution is 0.0795. The molecule has 0 aliphatic carbocycles. The maximum atomic E-state index is 12.3. The minimum Gasteiger partial charge on any atom is -0.395 e. The predicted molar refractivity (Wildman–Crippen MR) is 77.0 cm³/mol. The molecule has 1 N–H and O–H groups in total. The molecule has 0 aliphatic heterocycles. The molecule has 0 fully saturated rings. The maximum absolute atomic E-state index is 12.3. The van der Waals surface area contributed by atoms with E-state index < -0.39 is 0 Å². The van der Waals surface area contributed by atoms with Crippen molar-refractivity contribution in [1.29, 1.82) is 0 Å². The van der Waals surface area contributed by atoms with Crippen molar-refractivity contribution in [3.63, 3.8) is 0 Å². The molecule has 0 aromatic heterocycles. The van der Waals surface area contributed by atoms with Crippen molar-refractivity contribution < 1.29 is 9.90 Å². The van der Waals surface area contributed by atoms with Crippen molar-refractivity contribution in [2.75, 3.05) is 20.2 Å². The van der Waals surface area contributed by atoms with Crippen molar-refractivity contribution in [2.24, 2.45) is 0 Å². The summed E-state index contributed by atoms with van der Waals surface area (Å²) in [5.41, 5.74) is 2.41. The fourth-order valence-electron chi connectivity index (χ4n) is 1.80. The molecular formula is C16H21NO2. The van der Waals surface area contributed by atoms with Crippen molar-refractivity contribution in [3.05, 3.63) is 34.9 Å². The number of rotatable bonds is 4. The first-order valence-corrected chi connectivity index (χ1v) is 6.56. The average Bonchev–Trinajstić information content (AvgIpc) is 2.40. The van der Waals surface area contributed by atoms with Crippen LogP contribution in [0.1, 0.15) is 41.3 Å². The Morgan fingerprint density at radius 1 is 1.42 bits per heavy atom. The van der Waals surface area contributed by atoms with E-state index in [4.69, 9.17) is 5.11 Å². The van der Waals surface area contributed by atoms with Gasteiger partial charge in [-0.3, -0.25) is 4.79 Å². The van der Waals surface area contributed by atoms with E-state index in [2.05, 4.69) is 11.8 Å². The van der Waals surface area contributed by atoms with Gasteiger partial charge in [-0.2, -0.15) is 0 Å². The van der Waals surface area contributed by atoms with Gasteiger partial charge in [0.05, 0.1) is 12.2 Å². The van der Waals surface area contributed by atoms with Crippen LogP contribution in [0.15, 0.2) is 18.2 Å². The molecule has 1 amide bonds. The zero-order valence-corrected chi connectivity index (χ0v) is 11.9. The second kappa shape index (κ2) is 7.60. The molecule has 1 aromatic carbocycles. The maximum Gasteiger partial charge on any atom is 0.254 e. The van der Waals surface area contributed by atoms with Gasteiger partial charge < -0.3 is 10.0 Å². The Labute approximate surface area is 115 Å². The molecule has 3 nitrogen and oxygen atoms in total. The fraction of sp³-hybridized carbons (Fsp3) is 0.438. The molecule has 0 atom stereocenters. The van der Waals surface area contributed by atoms with Gasteiger partial charge in [-0.25, -0.2) is 0 Å². The van der Waals surface area contributed by atoms with Crippen LogP contribution in [0.3, 0.4) is 0 Å². The molecule has 0 bridgehead atoms. The first-order chi connectivity index (χ1) is 9.10. The zero-order valence-electron chi connectivity index (χ0n) is 11.9. The summed E-state index contributed by atoms with van der Waals surface area (Å²) in [6.45, 7) is 4.78. The number of aliphatic hydroxyl groups excluding tert-OH is 1. The molecule has 0 saturated heterocycles. The third kappa shape index (κ3) is 4.42. The van der Waals surface area contributed by atoms with Gasteiger partial charge in [0.1, 0.15) is 0 Å². The fourth-order valence-corrected chi connectivity index (χ4v) is 1.80. The van der Waals surface area contributed by atoms with Crippen molar-refractivity contribution in [3.8, 4) is 11.8 Å². The van der Waals surface area contributed by atoms with E-state index in [-0.39, 0.29) is 12.5 Å². The highest BCUT2D eigenvalue weighted by Gasteiger charge is 2.14. The smallest absolute Gasteiger partial charge is 0.254 e. The molecule has 0 aliphatic rings. The number of aliphatic hydroxyl groups is 1. The van der Waals surface area contributed by atoms with Crippen LogP contribution in [0, 0.1) is 18.8 Å². The topological polar surface area (TPSA) is 40.5 Å². The molecule has 3 heteroatoms. The normalized spacial score (nSPS) is 9.68. The molecular weight excluding hydrogens is 238 g/mol. The number of nitrogens with zero attached hydrogens (tertiary/aromatic N) is 1.